The smallest absolute Gasteiger partial charge is 0.168 e. The first-order valence-corrected chi connectivity index (χ1v) is 5.25. The summed E-state index contributed by atoms with van der Waals surface area (Å²) in [5, 5.41) is 3.70. The van der Waals surface area contributed by atoms with Crippen LogP contribution in [0.3, 0.4) is 0 Å². The fraction of sp³-hybridized carbons (Fsp3) is 0.500. The van der Waals surface area contributed by atoms with Gasteiger partial charge in [-0.05, 0) is 19.1 Å². The van der Waals surface area contributed by atoms with E-state index in [9.17, 15) is 0 Å². The Morgan fingerprint density at radius 1 is 1.77 bits per heavy atom. The summed E-state index contributed by atoms with van der Waals surface area (Å²) in [6.45, 7) is 2.85. The second-order valence-corrected chi connectivity index (χ2v) is 4.10. The molecule has 1 rings (SSSR count). The van der Waals surface area contributed by atoms with Crippen molar-refractivity contribution >= 4 is 28.7 Å². The fourth-order valence-corrected chi connectivity index (χ4v) is 1.85. The van der Waals surface area contributed by atoms with Gasteiger partial charge in [-0.25, -0.2) is 4.98 Å². The van der Waals surface area contributed by atoms with Crippen LogP contribution < -0.4 is 5.32 Å². The number of thiocarbonyl (C=S) groups is 1. The van der Waals surface area contributed by atoms with Crippen molar-refractivity contribution in [2.75, 3.05) is 14.1 Å². The average Bonchev–Trinajstić information content (AvgIpc) is 2.50. The lowest BCUT2D eigenvalue weighted by Gasteiger charge is -2.18. The van der Waals surface area contributed by atoms with Gasteiger partial charge in [0.2, 0.25) is 0 Å². The Balaban J connectivity index is 2.59. The highest BCUT2D eigenvalue weighted by Gasteiger charge is 2.06. The van der Waals surface area contributed by atoms with E-state index >= 15 is 0 Å². The molecule has 0 aliphatic heterocycles. The van der Waals surface area contributed by atoms with Crippen LogP contribution in [0.25, 0.3) is 0 Å². The molecule has 0 aliphatic rings. The van der Waals surface area contributed by atoms with Gasteiger partial charge in [0.1, 0.15) is 0 Å². The lowest BCUT2D eigenvalue weighted by Crippen LogP contribution is -2.33. The molecule has 3 nitrogen and oxygen atoms in total. The highest BCUT2D eigenvalue weighted by atomic mass is 32.1. The highest BCUT2D eigenvalue weighted by molar-refractivity contribution is 7.80. The van der Waals surface area contributed by atoms with Crippen LogP contribution in [0.4, 0.5) is 0 Å². The van der Waals surface area contributed by atoms with Crippen molar-refractivity contribution in [1.82, 2.24) is 15.2 Å². The second kappa shape index (κ2) is 4.53. The molecule has 0 radical (unpaired) electrons. The molecule has 0 amide bonds. The van der Waals surface area contributed by atoms with Gasteiger partial charge in [-0.1, -0.05) is 0 Å². The molecule has 1 aromatic heterocycles. The van der Waals surface area contributed by atoms with Gasteiger partial charge in [-0.15, -0.1) is 11.3 Å². The van der Waals surface area contributed by atoms with E-state index in [4.69, 9.17) is 12.2 Å². The Kier molecular flexibility index (Phi) is 3.62. The predicted molar refractivity (Wildman–Crippen MR) is 60.0 cm³/mol. The van der Waals surface area contributed by atoms with E-state index < -0.39 is 0 Å². The standard InChI is InChI=1S/C8H13N3S2/c1-6-7(13-5-10-6)4-11(3)8(12)9-2/h5H,4H2,1-3H3,(H,9,12). The van der Waals surface area contributed by atoms with Gasteiger partial charge >= 0.3 is 0 Å². The molecule has 0 saturated carbocycles. The van der Waals surface area contributed by atoms with E-state index in [0.29, 0.717) is 0 Å². The first kappa shape index (κ1) is 10.4. The van der Waals surface area contributed by atoms with E-state index in [1.54, 1.807) is 11.3 Å². The van der Waals surface area contributed by atoms with Crippen molar-refractivity contribution in [1.29, 1.82) is 0 Å². The van der Waals surface area contributed by atoms with Gasteiger partial charge in [0.25, 0.3) is 0 Å². The van der Waals surface area contributed by atoms with Crippen molar-refractivity contribution in [3.05, 3.63) is 16.1 Å². The minimum Gasteiger partial charge on any atom is -0.366 e. The molecule has 0 unspecified atom stereocenters. The zero-order valence-corrected chi connectivity index (χ0v) is 9.63. The summed E-state index contributed by atoms with van der Waals surface area (Å²) in [4.78, 5) is 7.44. The lowest BCUT2D eigenvalue weighted by molar-refractivity contribution is 0.498. The molecule has 5 heteroatoms. The summed E-state index contributed by atoms with van der Waals surface area (Å²) in [7, 11) is 3.80. The Bertz CT molecular complexity index is 295. The molecule has 0 aromatic carbocycles. The van der Waals surface area contributed by atoms with Crippen LogP contribution in [0.5, 0.6) is 0 Å². The van der Waals surface area contributed by atoms with Crippen LogP contribution in [0, 0.1) is 6.92 Å². The number of aromatic nitrogens is 1. The molecule has 0 fully saturated rings. The maximum Gasteiger partial charge on any atom is 0.168 e. The third-order valence-electron chi connectivity index (χ3n) is 1.79. The number of thiazole rings is 1. The fourth-order valence-electron chi connectivity index (χ4n) is 0.956. The van der Waals surface area contributed by atoms with Gasteiger partial charge in [0.05, 0.1) is 17.7 Å². The SMILES string of the molecule is CNC(=S)N(C)Cc1scnc1C. The quantitative estimate of drug-likeness (QED) is 0.755. The Labute approximate surface area is 87.8 Å². The summed E-state index contributed by atoms with van der Waals surface area (Å²) in [6.07, 6.45) is 0. The van der Waals surface area contributed by atoms with Crippen LogP contribution in [0.15, 0.2) is 5.51 Å². The van der Waals surface area contributed by atoms with E-state index in [1.165, 1.54) is 4.88 Å². The van der Waals surface area contributed by atoms with E-state index in [2.05, 4.69) is 10.3 Å². The van der Waals surface area contributed by atoms with Gasteiger partial charge in [0, 0.05) is 19.0 Å². The molecule has 1 N–H and O–H groups in total. The van der Waals surface area contributed by atoms with E-state index in [1.807, 2.05) is 31.4 Å². The molecular weight excluding hydrogens is 202 g/mol. The third kappa shape index (κ3) is 2.63. The largest absolute Gasteiger partial charge is 0.366 e. The zero-order valence-electron chi connectivity index (χ0n) is 8.00. The number of rotatable bonds is 2. The third-order valence-corrected chi connectivity index (χ3v) is 3.22. The van der Waals surface area contributed by atoms with Crippen molar-refractivity contribution in [2.45, 2.75) is 13.5 Å². The molecule has 72 valence electrons. The van der Waals surface area contributed by atoms with Gasteiger partial charge in [-0.2, -0.15) is 0 Å². The van der Waals surface area contributed by atoms with Crippen molar-refractivity contribution < 1.29 is 0 Å². The minimum atomic E-state index is 0.757. The van der Waals surface area contributed by atoms with Crippen molar-refractivity contribution in [2.24, 2.45) is 0 Å². The molecular formula is C8H13N3S2. The first-order valence-electron chi connectivity index (χ1n) is 3.97. The van der Waals surface area contributed by atoms with Crippen molar-refractivity contribution in [3.8, 4) is 0 Å². The first-order chi connectivity index (χ1) is 6.15. The molecule has 13 heavy (non-hydrogen) atoms. The van der Waals surface area contributed by atoms with Crippen LogP contribution in [0.1, 0.15) is 10.6 Å². The Hall–Kier alpha value is -0.680. The van der Waals surface area contributed by atoms with Gasteiger partial charge in [0.15, 0.2) is 5.11 Å². The number of hydrogen-bond donors (Lipinski definition) is 1. The summed E-state index contributed by atoms with van der Waals surface area (Å²) >= 11 is 6.76. The Morgan fingerprint density at radius 3 is 2.92 bits per heavy atom. The molecule has 1 aromatic rings. The monoisotopic (exact) mass is 215 g/mol. The molecule has 0 aliphatic carbocycles. The maximum absolute atomic E-state index is 5.09. The number of hydrogen-bond acceptors (Lipinski definition) is 3. The Morgan fingerprint density at radius 2 is 2.46 bits per heavy atom. The minimum absolute atomic E-state index is 0.757. The van der Waals surface area contributed by atoms with Crippen LogP contribution in [0.2, 0.25) is 0 Å². The van der Waals surface area contributed by atoms with E-state index in [-0.39, 0.29) is 0 Å². The predicted octanol–water partition coefficient (Wildman–Crippen LogP) is 1.39. The lowest BCUT2D eigenvalue weighted by atomic mass is 10.4. The molecule has 0 spiro atoms. The zero-order chi connectivity index (χ0) is 9.84. The molecule has 0 atom stereocenters. The van der Waals surface area contributed by atoms with Crippen LogP contribution in [-0.2, 0) is 6.54 Å². The molecule has 0 bridgehead atoms. The summed E-state index contributed by atoms with van der Waals surface area (Å²) < 4.78 is 0. The van der Waals surface area contributed by atoms with Gasteiger partial charge < -0.3 is 10.2 Å². The topological polar surface area (TPSA) is 28.2 Å². The number of nitrogens with one attached hydrogen (secondary N) is 1. The van der Waals surface area contributed by atoms with Gasteiger partial charge in [-0.3, -0.25) is 0 Å². The number of nitrogens with zero attached hydrogens (tertiary/aromatic N) is 2. The van der Waals surface area contributed by atoms with Crippen LogP contribution >= 0.6 is 23.6 Å². The number of aryl methyl sites for hydroxylation is 1. The van der Waals surface area contributed by atoms with Crippen molar-refractivity contribution in [3.63, 3.8) is 0 Å². The summed E-state index contributed by atoms with van der Waals surface area (Å²) in [5.41, 5.74) is 2.96. The highest BCUT2D eigenvalue weighted by Crippen LogP contribution is 2.13. The second-order valence-electron chi connectivity index (χ2n) is 2.77. The van der Waals surface area contributed by atoms with E-state index in [0.717, 1.165) is 17.4 Å². The molecule has 1 heterocycles. The van der Waals surface area contributed by atoms with Crippen LogP contribution in [-0.4, -0.2) is 29.1 Å². The molecule has 0 saturated heterocycles. The normalized spacial score (nSPS) is 9.77. The average molecular weight is 215 g/mol. The maximum atomic E-state index is 5.09. The summed E-state index contributed by atoms with van der Waals surface area (Å²) in [6, 6.07) is 0. The summed E-state index contributed by atoms with van der Waals surface area (Å²) in [5.74, 6) is 0.